The van der Waals surface area contributed by atoms with Crippen molar-refractivity contribution in [3.63, 3.8) is 0 Å². The Hall–Kier alpha value is -2.93. The standard InChI is InChI=1S/C15H13N3O3S/c16-14(20)10-3-5-11(6-4-10)17-15(22)18-13(19)8-7-12-2-1-9-21-12/h1-9H,(H2,16,20)(H2,17,18,19,22)/b8-7+. The van der Waals surface area contributed by atoms with Gasteiger partial charge in [0.2, 0.25) is 11.8 Å². The average molecular weight is 315 g/mol. The molecular weight excluding hydrogens is 302 g/mol. The highest BCUT2D eigenvalue weighted by Gasteiger charge is 2.03. The van der Waals surface area contributed by atoms with Crippen molar-refractivity contribution in [1.29, 1.82) is 0 Å². The quantitative estimate of drug-likeness (QED) is 0.591. The Labute approximate surface area is 132 Å². The molecule has 4 N–H and O–H groups in total. The van der Waals surface area contributed by atoms with Crippen molar-refractivity contribution in [3.05, 3.63) is 60.1 Å². The average Bonchev–Trinajstić information content (AvgIpc) is 2.99. The highest BCUT2D eigenvalue weighted by atomic mass is 32.1. The number of hydrogen-bond donors (Lipinski definition) is 3. The summed E-state index contributed by atoms with van der Waals surface area (Å²) in [5.41, 5.74) is 6.17. The minimum atomic E-state index is -0.509. The van der Waals surface area contributed by atoms with Gasteiger partial charge in [-0.1, -0.05) is 0 Å². The van der Waals surface area contributed by atoms with Gasteiger partial charge in [0, 0.05) is 17.3 Å². The number of rotatable bonds is 4. The second kappa shape index (κ2) is 7.19. The molecule has 0 saturated carbocycles. The molecule has 0 aliphatic rings. The predicted octanol–water partition coefficient (Wildman–Crippen LogP) is 1.90. The summed E-state index contributed by atoms with van der Waals surface area (Å²) in [6.45, 7) is 0. The van der Waals surface area contributed by atoms with Crippen molar-refractivity contribution < 1.29 is 14.0 Å². The van der Waals surface area contributed by atoms with E-state index in [1.165, 1.54) is 18.4 Å². The van der Waals surface area contributed by atoms with Crippen LogP contribution in [0.2, 0.25) is 0 Å². The first-order valence-electron chi connectivity index (χ1n) is 6.28. The van der Waals surface area contributed by atoms with Gasteiger partial charge in [-0.25, -0.2) is 0 Å². The van der Waals surface area contributed by atoms with Crippen LogP contribution < -0.4 is 16.4 Å². The Bertz CT molecular complexity index is 706. The van der Waals surface area contributed by atoms with Crippen LogP contribution in [-0.2, 0) is 4.79 Å². The Kier molecular flexibility index (Phi) is 5.05. The number of amides is 2. The third-order valence-electron chi connectivity index (χ3n) is 2.61. The normalized spacial score (nSPS) is 10.4. The van der Waals surface area contributed by atoms with Gasteiger partial charge in [-0.05, 0) is 54.7 Å². The number of hydrogen-bond acceptors (Lipinski definition) is 4. The topological polar surface area (TPSA) is 97.4 Å². The van der Waals surface area contributed by atoms with Crippen LogP contribution in [0.5, 0.6) is 0 Å². The van der Waals surface area contributed by atoms with E-state index in [9.17, 15) is 9.59 Å². The van der Waals surface area contributed by atoms with Crippen LogP contribution in [0, 0.1) is 0 Å². The number of nitrogens with two attached hydrogens (primary N) is 1. The number of primary amides is 1. The summed E-state index contributed by atoms with van der Waals surface area (Å²) in [6.07, 6.45) is 4.35. The zero-order valence-electron chi connectivity index (χ0n) is 11.4. The lowest BCUT2D eigenvalue weighted by Gasteiger charge is -2.08. The van der Waals surface area contributed by atoms with E-state index in [0.717, 1.165) is 0 Å². The number of nitrogens with one attached hydrogen (secondary N) is 2. The Balaban J connectivity index is 1.87. The molecule has 0 atom stereocenters. The number of carbonyl (C=O) groups is 2. The lowest BCUT2D eigenvalue weighted by atomic mass is 10.2. The fraction of sp³-hybridized carbons (Fsp3) is 0. The highest BCUT2D eigenvalue weighted by Crippen LogP contribution is 2.09. The lowest BCUT2D eigenvalue weighted by molar-refractivity contribution is -0.115. The van der Waals surface area contributed by atoms with Crippen LogP contribution in [0.1, 0.15) is 16.1 Å². The fourth-order valence-electron chi connectivity index (χ4n) is 1.58. The molecule has 0 fully saturated rings. The minimum Gasteiger partial charge on any atom is -0.465 e. The van der Waals surface area contributed by atoms with Gasteiger partial charge in [0.1, 0.15) is 5.76 Å². The van der Waals surface area contributed by atoms with Crippen LogP contribution in [-0.4, -0.2) is 16.9 Å². The fourth-order valence-corrected chi connectivity index (χ4v) is 1.80. The molecule has 7 heteroatoms. The first-order valence-corrected chi connectivity index (χ1v) is 6.69. The zero-order chi connectivity index (χ0) is 15.9. The second-order valence-electron chi connectivity index (χ2n) is 4.23. The number of thiocarbonyl (C=S) groups is 1. The number of benzene rings is 1. The number of anilines is 1. The lowest BCUT2D eigenvalue weighted by Crippen LogP contribution is -2.32. The van der Waals surface area contributed by atoms with Crippen LogP contribution in [0.4, 0.5) is 5.69 Å². The molecule has 0 saturated heterocycles. The molecule has 1 aromatic carbocycles. The summed E-state index contributed by atoms with van der Waals surface area (Å²) >= 11 is 5.02. The molecular formula is C15H13N3O3S. The van der Waals surface area contributed by atoms with Gasteiger partial charge in [0.15, 0.2) is 5.11 Å². The zero-order valence-corrected chi connectivity index (χ0v) is 12.2. The first kappa shape index (κ1) is 15.5. The van der Waals surface area contributed by atoms with Crippen molar-refractivity contribution in [2.75, 3.05) is 5.32 Å². The largest absolute Gasteiger partial charge is 0.465 e. The van der Waals surface area contributed by atoms with E-state index in [1.807, 2.05) is 0 Å². The SMILES string of the molecule is NC(=O)c1ccc(NC(=S)NC(=O)/C=C/c2ccco2)cc1. The van der Waals surface area contributed by atoms with Crippen molar-refractivity contribution >= 4 is 40.9 Å². The Morgan fingerprint density at radius 3 is 2.50 bits per heavy atom. The molecule has 0 aliphatic carbocycles. The van der Waals surface area contributed by atoms with Crippen LogP contribution in [0.3, 0.4) is 0 Å². The van der Waals surface area contributed by atoms with Gasteiger partial charge in [-0.15, -0.1) is 0 Å². The minimum absolute atomic E-state index is 0.140. The number of carbonyl (C=O) groups excluding carboxylic acids is 2. The molecule has 2 rings (SSSR count). The molecule has 0 spiro atoms. The van der Waals surface area contributed by atoms with E-state index in [0.29, 0.717) is 17.0 Å². The summed E-state index contributed by atoms with van der Waals surface area (Å²) in [5, 5.41) is 5.45. The molecule has 2 amide bonds. The van der Waals surface area contributed by atoms with Gasteiger partial charge in [0.25, 0.3) is 0 Å². The molecule has 112 valence electrons. The van der Waals surface area contributed by atoms with Crippen molar-refractivity contribution in [1.82, 2.24) is 5.32 Å². The maximum atomic E-state index is 11.7. The smallest absolute Gasteiger partial charge is 0.250 e. The maximum absolute atomic E-state index is 11.7. The predicted molar refractivity (Wildman–Crippen MR) is 87.1 cm³/mol. The van der Waals surface area contributed by atoms with Gasteiger partial charge in [-0.2, -0.15) is 0 Å². The second-order valence-corrected chi connectivity index (χ2v) is 4.64. The molecule has 0 unspecified atom stereocenters. The summed E-state index contributed by atoms with van der Waals surface area (Å²) in [7, 11) is 0. The molecule has 2 aromatic rings. The van der Waals surface area contributed by atoms with E-state index >= 15 is 0 Å². The first-order chi connectivity index (χ1) is 10.5. The van der Waals surface area contributed by atoms with E-state index in [1.54, 1.807) is 36.4 Å². The van der Waals surface area contributed by atoms with Crippen LogP contribution in [0.25, 0.3) is 6.08 Å². The van der Waals surface area contributed by atoms with Crippen molar-refractivity contribution in [2.24, 2.45) is 5.73 Å². The van der Waals surface area contributed by atoms with Crippen LogP contribution in [0.15, 0.2) is 53.2 Å². The highest BCUT2D eigenvalue weighted by molar-refractivity contribution is 7.80. The molecule has 1 aromatic heterocycles. The third kappa shape index (κ3) is 4.57. The van der Waals surface area contributed by atoms with E-state index in [4.69, 9.17) is 22.4 Å². The maximum Gasteiger partial charge on any atom is 0.250 e. The molecule has 6 nitrogen and oxygen atoms in total. The Morgan fingerprint density at radius 1 is 1.18 bits per heavy atom. The van der Waals surface area contributed by atoms with Crippen molar-refractivity contribution in [3.8, 4) is 0 Å². The summed E-state index contributed by atoms with van der Waals surface area (Å²) < 4.78 is 5.06. The third-order valence-corrected chi connectivity index (χ3v) is 2.81. The summed E-state index contributed by atoms with van der Waals surface area (Å²) in [6, 6.07) is 9.84. The molecule has 0 radical (unpaired) electrons. The van der Waals surface area contributed by atoms with Gasteiger partial charge in [0.05, 0.1) is 6.26 Å². The van der Waals surface area contributed by atoms with Crippen LogP contribution >= 0.6 is 12.2 Å². The molecule has 0 bridgehead atoms. The monoisotopic (exact) mass is 315 g/mol. The van der Waals surface area contributed by atoms with E-state index in [-0.39, 0.29) is 11.0 Å². The summed E-state index contributed by atoms with van der Waals surface area (Å²) in [5.74, 6) is -0.329. The van der Waals surface area contributed by atoms with E-state index in [2.05, 4.69) is 10.6 Å². The Morgan fingerprint density at radius 2 is 1.91 bits per heavy atom. The van der Waals surface area contributed by atoms with Crippen molar-refractivity contribution in [2.45, 2.75) is 0 Å². The molecule has 22 heavy (non-hydrogen) atoms. The van der Waals surface area contributed by atoms with E-state index < -0.39 is 5.91 Å². The molecule has 1 heterocycles. The van der Waals surface area contributed by atoms with Gasteiger partial charge >= 0.3 is 0 Å². The molecule has 0 aliphatic heterocycles. The number of furan rings is 1. The summed E-state index contributed by atoms with van der Waals surface area (Å²) in [4.78, 5) is 22.6. The van der Waals surface area contributed by atoms with Gasteiger partial charge < -0.3 is 15.5 Å². The van der Waals surface area contributed by atoms with Gasteiger partial charge in [-0.3, -0.25) is 14.9 Å².